The minimum absolute atomic E-state index is 0.0840. The maximum absolute atomic E-state index is 12.3. The Kier molecular flexibility index (Phi) is 3.77. The molecule has 1 aromatic carbocycles. The lowest BCUT2D eigenvalue weighted by atomic mass is 9.87. The van der Waals surface area contributed by atoms with Gasteiger partial charge in [-0.3, -0.25) is 9.89 Å². The Hall–Kier alpha value is -2.10. The summed E-state index contributed by atoms with van der Waals surface area (Å²) in [5.74, 6) is -0.0840. The minimum Gasteiger partial charge on any atom is -0.347 e. The van der Waals surface area contributed by atoms with Crippen molar-refractivity contribution in [3.63, 3.8) is 0 Å². The second-order valence-electron chi connectivity index (χ2n) is 7.01. The number of hydrogen-bond donors (Lipinski definition) is 2. The van der Waals surface area contributed by atoms with Gasteiger partial charge in [-0.2, -0.15) is 5.10 Å². The molecule has 0 saturated heterocycles. The first kappa shape index (κ1) is 14.8. The third-order valence-electron chi connectivity index (χ3n) is 4.29. The molecular formula is C18H23N3O. The van der Waals surface area contributed by atoms with Gasteiger partial charge >= 0.3 is 0 Å². The van der Waals surface area contributed by atoms with Crippen LogP contribution in [-0.4, -0.2) is 16.1 Å². The van der Waals surface area contributed by atoms with Crippen LogP contribution in [0.3, 0.4) is 0 Å². The molecule has 2 aromatic rings. The molecule has 116 valence electrons. The van der Waals surface area contributed by atoms with Crippen molar-refractivity contribution in [2.75, 3.05) is 0 Å². The Labute approximate surface area is 131 Å². The van der Waals surface area contributed by atoms with Crippen molar-refractivity contribution >= 4 is 5.91 Å². The van der Waals surface area contributed by atoms with Gasteiger partial charge in [0.05, 0.1) is 0 Å². The Bertz CT molecular complexity index is 677. The molecule has 1 aromatic heterocycles. The van der Waals surface area contributed by atoms with Crippen LogP contribution in [0.5, 0.6) is 0 Å². The van der Waals surface area contributed by atoms with Crippen LogP contribution < -0.4 is 5.32 Å². The molecule has 4 nitrogen and oxygen atoms in total. The van der Waals surface area contributed by atoms with E-state index in [9.17, 15) is 4.79 Å². The zero-order chi connectivity index (χ0) is 15.7. The Morgan fingerprint density at radius 1 is 1.23 bits per heavy atom. The van der Waals surface area contributed by atoms with Crippen LogP contribution >= 0.6 is 0 Å². The van der Waals surface area contributed by atoms with Crippen molar-refractivity contribution in [2.24, 2.45) is 0 Å². The number of hydrogen-bond acceptors (Lipinski definition) is 2. The first-order chi connectivity index (χ1) is 10.4. The number of aromatic amines is 1. The SMILES string of the molecule is CC(C)(C)c1ccc(CNC(=O)c2n[nH]c3c2CCC3)cc1. The van der Waals surface area contributed by atoms with Crippen molar-refractivity contribution in [1.82, 2.24) is 15.5 Å². The number of carbonyl (C=O) groups excluding carboxylic acids is 1. The normalized spacial score (nSPS) is 14.0. The molecule has 4 heteroatoms. The molecule has 3 rings (SSSR count). The third-order valence-corrected chi connectivity index (χ3v) is 4.29. The van der Waals surface area contributed by atoms with E-state index in [0.717, 1.165) is 36.1 Å². The molecule has 0 aliphatic heterocycles. The summed E-state index contributed by atoms with van der Waals surface area (Å²) in [6.45, 7) is 7.12. The highest BCUT2D eigenvalue weighted by molar-refractivity contribution is 5.94. The highest BCUT2D eigenvalue weighted by atomic mass is 16.1. The van der Waals surface area contributed by atoms with E-state index in [-0.39, 0.29) is 11.3 Å². The molecule has 1 amide bonds. The fraction of sp³-hybridized carbons (Fsp3) is 0.444. The molecule has 1 aliphatic rings. The number of rotatable bonds is 3. The molecule has 0 radical (unpaired) electrons. The van der Waals surface area contributed by atoms with E-state index >= 15 is 0 Å². The zero-order valence-electron chi connectivity index (χ0n) is 13.5. The van der Waals surface area contributed by atoms with Crippen LogP contribution in [0.1, 0.15) is 60.1 Å². The Morgan fingerprint density at radius 3 is 2.64 bits per heavy atom. The van der Waals surface area contributed by atoms with Crippen molar-refractivity contribution in [3.8, 4) is 0 Å². The summed E-state index contributed by atoms with van der Waals surface area (Å²) in [6, 6.07) is 8.42. The van der Waals surface area contributed by atoms with Gasteiger partial charge in [-0.15, -0.1) is 0 Å². The summed E-state index contributed by atoms with van der Waals surface area (Å²) in [7, 11) is 0. The molecular weight excluding hydrogens is 274 g/mol. The molecule has 22 heavy (non-hydrogen) atoms. The number of fused-ring (bicyclic) bond motifs is 1. The summed E-state index contributed by atoms with van der Waals surface area (Å²) in [4.78, 5) is 12.3. The van der Waals surface area contributed by atoms with Crippen LogP contribution in [-0.2, 0) is 24.8 Å². The standard InChI is InChI=1S/C18H23N3O/c1-18(2,3)13-9-7-12(8-10-13)11-19-17(22)16-14-5-4-6-15(14)20-21-16/h7-10H,4-6,11H2,1-3H3,(H,19,22)(H,20,21). The molecule has 0 atom stereocenters. The number of aryl methyl sites for hydroxylation is 1. The van der Waals surface area contributed by atoms with Crippen LogP contribution in [0.2, 0.25) is 0 Å². The fourth-order valence-corrected chi connectivity index (χ4v) is 2.90. The van der Waals surface area contributed by atoms with E-state index in [1.807, 2.05) is 0 Å². The number of carbonyl (C=O) groups is 1. The predicted octanol–water partition coefficient (Wildman–Crippen LogP) is 3.13. The Morgan fingerprint density at radius 2 is 1.95 bits per heavy atom. The first-order valence-electron chi connectivity index (χ1n) is 7.89. The van der Waals surface area contributed by atoms with E-state index in [1.54, 1.807) is 0 Å². The van der Waals surface area contributed by atoms with Crippen LogP contribution in [0.15, 0.2) is 24.3 Å². The summed E-state index contributed by atoms with van der Waals surface area (Å²) >= 11 is 0. The fourth-order valence-electron chi connectivity index (χ4n) is 2.90. The van der Waals surface area contributed by atoms with Crippen molar-refractivity contribution in [1.29, 1.82) is 0 Å². The number of nitrogens with zero attached hydrogens (tertiary/aromatic N) is 1. The number of amides is 1. The summed E-state index contributed by atoms with van der Waals surface area (Å²) < 4.78 is 0. The third kappa shape index (κ3) is 2.91. The molecule has 0 saturated carbocycles. The van der Waals surface area contributed by atoms with E-state index in [4.69, 9.17) is 0 Å². The van der Waals surface area contributed by atoms with Crippen LogP contribution in [0.25, 0.3) is 0 Å². The average molecular weight is 297 g/mol. The second-order valence-corrected chi connectivity index (χ2v) is 7.01. The molecule has 0 bridgehead atoms. The number of H-pyrrole nitrogens is 1. The second kappa shape index (κ2) is 5.59. The topological polar surface area (TPSA) is 57.8 Å². The summed E-state index contributed by atoms with van der Waals surface area (Å²) in [5.41, 5.74) is 5.34. The predicted molar refractivity (Wildman–Crippen MR) is 86.9 cm³/mol. The number of nitrogens with one attached hydrogen (secondary N) is 2. The monoisotopic (exact) mass is 297 g/mol. The maximum Gasteiger partial charge on any atom is 0.272 e. The molecule has 1 heterocycles. The molecule has 0 spiro atoms. The van der Waals surface area contributed by atoms with Gasteiger partial charge in [0.2, 0.25) is 0 Å². The smallest absolute Gasteiger partial charge is 0.272 e. The van der Waals surface area contributed by atoms with Crippen LogP contribution in [0.4, 0.5) is 0 Å². The lowest BCUT2D eigenvalue weighted by molar-refractivity contribution is 0.0945. The van der Waals surface area contributed by atoms with E-state index in [2.05, 4.69) is 60.6 Å². The number of aromatic nitrogens is 2. The molecule has 1 aliphatic carbocycles. The lowest BCUT2D eigenvalue weighted by Gasteiger charge is -2.19. The van der Waals surface area contributed by atoms with Gasteiger partial charge in [0.1, 0.15) is 0 Å². The van der Waals surface area contributed by atoms with Gasteiger partial charge in [-0.05, 0) is 35.8 Å². The van der Waals surface area contributed by atoms with E-state index < -0.39 is 0 Å². The maximum atomic E-state index is 12.3. The van der Waals surface area contributed by atoms with Crippen molar-refractivity contribution in [2.45, 2.75) is 52.0 Å². The van der Waals surface area contributed by atoms with Crippen LogP contribution in [0, 0.1) is 0 Å². The zero-order valence-corrected chi connectivity index (χ0v) is 13.5. The largest absolute Gasteiger partial charge is 0.347 e. The van der Waals surface area contributed by atoms with Crippen molar-refractivity contribution < 1.29 is 4.79 Å². The van der Waals surface area contributed by atoms with Gasteiger partial charge in [-0.1, -0.05) is 45.0 Å². The summed E-state index contributed by atoms with van der Waals surface area (Å²) in [6.07, 6.45) is 3.07. The average Bonchev–Trinajstić information content (AvgIpc) is 3.07. The molecule has 2 N–H and O–H groups in total. The van der Waals surface area contributed by atoms with Gasteiger partial charge < -0.3 is 5.32 Å². The van der Waals surface area contributed by atoms with E-state index in [0.29, 0.717) is 12.2 Å². The van der Waals surface area contributed by atoms with Gasteiger partial charge in [-0.25, -0.2) is 0 Å². The first-order valence-corrected chi connectivity index (χ1v) is 7.89. The minimum atomic E-state index is -0.0840. The quantitative estimate of drug-likeness (QED) is 0.914. The molecule has 0 fully saturated rings. The Balaban J connectivity index is 1.64. The lowest BCUT2D eigenvalue weighted by Crippen LogP contribution is -2.24. The number of benzene rings is 1. The van der Waals surface area contributed by atoms with E-state index in [1.165, 1.54) is 5.56 Å². The van der Waals surface area contributed by atoms with Gasteiger partial charge in [0.25, 0.3) is 5.91 Å². The molecule has 0 unspecified atom stereocenters. The highest BCUT2D eigenvalue weighted by Gasteiger charge is 2.22. The van der Waals surface area contributed by atoms with Gasteiger partial charge in [0, 0.05) is 17.8 Å². The summed E-state index contributed by atoms with van der Waals surface area (Å²) in [5, 5.41) is 10.1. The highest BCUT2D eigenvalue weighted by Crippen LogP contribution is 2.23. The van der Waals surface area contributed by atoms with Gasteiger partial charge in [0.15, 0.2) is 5.69 Å². The van der Waals surface area contributed by atoms with Crippen molar-refractivity contribution in [3.05, 3.63) is 52.3 Å².